The molecule has 0 aliphatic carbocycles. The average molecular weight is 207 g/mol. The molecule has 0 heterocycles. The molecule has 1 aromatic carbocycles. The minimum atomic E-state index is 0.214. The molecule has 0 amide bonds. The molecule has 1 N–H and O–H groups in total. The summed E-state index contributed by atoms with van der Waals surface area (Å²) in [5, 5.41) is 3.27. The molecule has 0 aliphatic heterocycles. The largest absolute Gasteiger partial charge is 0.489 e. The molecule has 1 unspecified atom stereocenters. The Balaban J connectivity index is 2.56. The van der Waals surface area contributed by atoms with E-state index in [1.54, 1.807) is 0 Å². The van der Waals surface area contributed by atoms with Gasteiger partial charge in [-0.15, -0.1) is 0 Å². The third-order valence-corrected chi connectivity index (χ3v) is 2.34. The van der Waals surface area contributed by atoms with E-state index in [0.29, 0.717) is 0 Å². The Hall–Kier alpha value is -1.02. The molecule has 0 radical (unpaired) electrons. The van der Waals surface area contributed by atoms with Crippen LogP contribution in [-0.2, 0) is 0 Å². The van der Waals surface area contributed by atoms with Crippen LogP contribution in [0.4, 0.5) is 0 Å². The molecule has 2 nitrogen and oxygen atoms in total. The second-order valence-electron chi connectivity index (χ2n) is 4.01. The van der Waals surface area contributed by atoms with E-state index in [1.807, 2.05) is 6.07 Å². The van der Waals surface area contributed by atoms with Crippen molar-refractivity contribution in [3.63, 3.8) is 0 Å². The Morgan fingerprint density at radius 3 is 2.67 bits per heavy atom. The minimum Gasteiger partial charge on any atom is -0.489 e. The van der Waals surface area contributed by atoms with Crippen LogP contribution in [0.3, 0.4) is 0 Å². The van der Waals surface area contributed by atoms with E-state index in [4.69, 9.17) is 4.74 Å². The van der Waals surface area contributed by atoms with Gasteiger partial charge in [-0.05, 0) is 38.9 Å². The van der Waals surface area contributed by atoms with Crippen molar-refractivity contribution in [1.82, 2.24) is 5.32 Å². The summed E-state index contributed by atoms with van der Waals surface area (Å²) in [6, 6.07) is 6.28. The van der Waals surface area contributed by atoms with Gasteiger partial charge < -0.3 is 10.1 Å². The normalized spacial score (nSPS) is 12.5. The lowest BCUT2D eigenvalue weighted by atomic mass is 10.1. The Morgan fingerprint density at radius 1 is 1.33 bits per heavy atom. The number of hydrogen-bond donors (Lipinski definition) is 1. The number of ether oxygens (including phenoxy) is 1. The number of likely N-dealkylation sites (N-methyl/N-ethyl adjacent to an activating group) is 1. The molecule has 1 atom stereocenters. The second kappa shape index (κ2) is 5.76. The summed E-state index contributed by atoms with van der Waals surface area (Å²) >= 11 is 0. The zero-order chi connectivity index (χ0) is 11.3. The first-order chi connectivity index (χ1) is 7.13. The average Bonchev–Trinajstić information content (AvgIpc) is 2.19. The van der Waals surface area contributed by atoms with Gasteiger partial charge >= 0.3 is 0 Å². The van der Waals surface area contributed by atoms with Gasteiger partial charge in [0, 0.05) is 6.54 Å². The van der Waals surface area contributed by atoms with Crippen molar-refractivity contribution < 1.29 is 4.74 Å². The Bertz CT molecular complexity index is 309. The molecule has 0 aliphatic rings. The van der Waals surface area contributed by atoms with Gasteiger partial charge in [0.25, 0.3) is 0 Å². The fraction of sp³-hybridized carbons (Fsp3) is 0.538. The van der Waals surface area contributed by atoms with Crippen LogP contribution >= 0.6 is 0 Å². The highest BCUT2D eigenvalue weighted by atomic mass is 16.5. The van der Waals surface area contributed by atoms with Crippen LogP contribution in [0.15, 0.2) is 18.2 Å². The second-order valence-corrected chi connectivity index (χ2v) is 4.01. The van der Waals surface area contributed by atoms with Crippen molar-refractivity contribution in [3.8, 4) is 5.75 Å². The molecule has 84 valence electrons. The lowest BCUT2D eigenvalue weighted by Crippen LogP contribution is -2.28. The van der Waals surface area contributed by atoms with Crippen molar-refractivity contribution in [2.45, 2.75) is 33.8 Å². The summed E-state index contributed by atoms with van der Waals surface area (Å²) in [4.78, 5) is 0. The van der Waals surface area contributed by atoms with Gasteiger partial charge in [0.2, 0.25) is 0 Å². The molecule has 15 heavy (non-hydrogen) atoms. The number of aryl methyl sites for hydroxylation is 2. The van der Waals surface area contributed by atoms with Crippen molar-refractivity contribution in [2.75, 3.05) is 13.1 Å². The van der Waals surface area contributed by atoms with Crippen LogP contribution in [0.5, 0.6) is 5.75 Å². The Kier molecular flexibility index (Phi) is 4.63. The van der Waals surface area contributed by atoms with Crippen LogP contribution in [0.25, 0.3) is 0 Å². The lowest BCUT2D eigenvalue weighted by Gasteiger charge is -2.16. The molecular formula is C13H21NO. The van der Waals surface area contributed by atoms with E-state index >= 15 is 0 Å². The highest BCUT2D eigenvalue weighted by Crippen LogP contribution is 2.19. The van der Waals surface area contributed by atoms with E-state index in [-0.39, 0.29) is 6.10 Å². The van der Waals surface area contributed by atoms with Crippen molar-refractivity contribution in [2.24, 2.45) is 0 Å². The summed E-state index contributed by atoms with van der Waals surface area (Å²) in [6.45, 7) is 10.2. The third kappa shape index (κ3) is 3.92. The maximum absolute atomic E-state index is 5.84. The zero-order valence-electron chi connectivity index (χ0n) is 10.1. The quantitative estimate of drug-likeness (QED) is 0.801. The van der Waals surface area contributed by atoms with E-state index in [1.165, 1.54) is 11.1 Å². The van der Waals surface area contributed by atoms with Gasteiger partial charge in [-0.25, -0.2) is 0 Å². The molecule has 0 fully saturated rings. The predicted molar refractivity (Wildman–Crippen MR) is 64.5 cm³/mol. The summed E-state index contributed by atoms with van der Waals surface area (Å²) in [7, 11) is 0. The maximum Gasteiger partial charge on any atom is 0.122 e. The monoisotopic (exact) mass is 207 g/mol. The zero-order valence-corrected chi connectivity index (χ0v) is 10.1. The van der Waals surface area contributed by atoms with Crippen molar-refractivity contribution in [3.05, 3.63) is 29.3 Å². The van der Waals surface area contributed by atoms with E-state index in [2.05, 4.69) is 45.1 Å². The molecule has 0 bridgehead atoms. The maximum atomic E-state index is 5.84. The molecule has 0 saturated carbocycles. The molecule has 2 heteroatoms. The standard InChI is InChI=1S/C13H21NO/c1-5-14-9-12(4)15-13-7-6-10(2)8-11(13)3/h6-8,12,14H,5,9H2,1-4H3. The van der Waals surface area contributed by atoms with Gasteiger partial charge in [0.1, 0.15) is 11.9 Å². The molecule has 1 rings (SSSR count). The fourth-order valence-corrected chi connectivity index (χ4v) is 1.54. The van der Waals surface area contributed by atoms with Crippen LogP contribution in [0.1, 0.15) is 25.0 Å². The summed E-state index contributed by atoms with van der Waals surface area (Å²) in [6.07, 6.45) is 0.214. The van der Waals surface area contributed by atoms with Crippen LogP contribution in [0.2, 0.25) is 0 Å². The molecule has 0 saturated heterocycles. The highest BCUT2D eigenvalue weighted by molar-refractivity contribution is 5.35. The number of nitrogens with one attached hydrogen (secondary N) is 1. The fourth-order valence-electron chi connectivity index (χ4n) is 1.54. The minimum absolute atomic E-state index is 0.214. The summed E-state index contributed by atoms with van der Waals surface area (Å²) in [5.41, 5.74) is 2.48. The van der Waals surface area contributed by atoms with E-state index in [0.717, 1.165) is 18.8 Å². The van der Waals surface area contributed by atoms with Crippen molar-refractivity contribution in [1.29, 1.82) is 0 Å². The Labute approximate surface area is 92.6 Å². The predicted octanol–water partition coefficient (Wildman–Crippen LogP) is 2.68. The van der Waals surface area contributed by atoms with Gasteiger partial charge in [-0.2, -0.15) is 0 Å². The van der Waals surface area contributed by atoms with Gasteiger partial charge in [0.05, 0.1) is 0 Å². The van der Waals surface area contributed by atoms with Gasteiger partial charge in [-0.3, -0.25) is 0 Å². The lowest BCUT2D eigenvalue weighted by molar-refractivity contribution is 0.217. The van der Waals surface area contributed by atoms with E-state index in [9.17, 15) is 0 Å². The topological polar surface area (TPSA) is 21.3 Å². The molecule has 1 aromatic rings. The smallest absolute Gasteiger partial charge is 0.122 e. The first-order valence-corrected chi connectivity index (χ1v) is 5.58. The molecular weight excluding hydrogens is 186 g/mol. The van der Waals surface area contributed by atoms with Gasteiger partial charge in [-0.1, -0.05) is 24.6 Å². The highest BCUT2D eigenvalue weighted by Gasteiger charge is 2.05. The molecule has 0 spiro atoms. The number of hydrogen-bond acceptors (Lipinski definition) is 2. The summed E-state index contributed by atoms with van der Waals surface area (Å²) in [5.74, 6) is 0.992. The van der Waals surface area contributed by atoms with Crippen LogP contribution in [-0.4, -0.2) is 19.2 Å². The first kappa shape index (κ1) is 12.1. The third-order valence-electron chi connectivity index (χ3n) is 2.34. The number of rotatable bonds is 5. The number of benzene rings is 1. The molecule has 0 aromatic heterocycles. The summed E-state index contributed by atoms with van der Waals surface area (Å²) < 4.78 is 5.84. The van der Waals surface area contributed by atoms with Gasteiger partial charge in [0.15, 0.2) is 0 Å². The van der Waals surface area contributed by atoms with Crippen LogP contribution in [0, 0.1) is 13.8 Å². The van der Waals surface area contributed by atoms with Crippen molar-refractivity contribution >= 4 is 0 Å². The van der Waals surface area contributed by atoms with Crippen LogP contribution < -0.4 is 10.1 Å². The van der Waals surface area contributed by atoms with E-state index < -0.39 is 0 Å². The SMILES string of the molecule is CCNCC(C)Oc1ccc(C)cc1C. The Morgan fingerprint density at radius 2 is 2.07 bits per heavy atom. The first-order valence-electron chi connectivity index (χ1n) is 5.58.